The van der Waals surface area contributed by atoms with Gasteiger partial charge in [0.15, 0.2) is 13.2 Å². The van der Waals surface area contributed by atoms with E-state index in [1.54, 1.807) is 0 Å². The van der Waals surface area contributed by atoms with Crippen LogP contribution in [0.2, 0.25) is 5.02 Å². The zero-order valence-electron chi connectivity index (χ0n) is 18.5. The molecule has 0 aromatic heterocycles. The van der Waals surface area contributed by atoms with Gasteiger partial charge in [-0.3, -0.25) is 9.59 Å². The van der Waals surface area contributed by atoms with Gasteiger partial charge >= 0.3 is 18.3 Å². The highest BCUT2D eigenvalue weighted by Gasteiger charge is 2.37. The standard InChI is InChI=1S/C24H16ClF6NO5/c25-15-6-12(7-19(33)34)4-5-16(15)32-9-14-18(37-11-24(29,30)31)8-13-2-1-3-17(36-10-23(26,27)28)20(13)21(14)22(32)35/h1-6,8H,7,9-11H2,(H,33,34). The van der Waals surface area contributed by atoms with Crippen molar-refractivity contribution in [2.75, 3.05) is 18.1 Å². The van der Waals surface area contributed by atoms with Crippen molar-refractivity contribution in [3.8, 4) is 11.5 Å². The smallest absolute Gasteiger partial charge is 0.422 e. The molecule has 1 N–H and O–H groups in total. The quantitative estimate of drug-likeness (QED) is 0.358. The molecule has 0 unspecified atom stereocenters. The van der Waals surface area contributed by atoms with Gasteiger partial charge < -0.3 is 19.5 Å². The summed E-state index contributed by atoms with van der Waals surface area (Å²) in [5.41, 5.74) is 0.294. The second-order valence-corrected chi connectivity index (χ2v) is 8.55. The van der Waals surface area contributed by atoms with Crippen molar-refractivity contribution in [3.63, 3.8) is 0 Å². The summed E-state index contributed by atoms with van der Waals surface area (Å²) in [5, 5.41) is 9.08. The normalized spacial score (nSPS) is 13.7. The van der Waals surface area contributed by atoms with E-state index in [1.165, 1.54) is 42.5 Å². The Kier molecular flexibility index (Phi) is 6.89. The molecule has 0 bridgehead atoms. The van der Waals surface area contributed by atoms with Crippen molar-refractivity contribution in [3.05, 3.63) is 64.2 Å². The summed E-state index contributed by atoms with van der Waals surface area (Å²) in [6.07, 6.45) is -9.71. The fraction of sp³-hybridized carbons (Fsp3) is 0.250. The number of aliphatic carboxylic acids is 1. The number of carboxylic acid groups (broad SMARTS) is 1. The molecule has 1 heterocycles. The third-order valence-electron chi connectivity index (χ3n) is 5.41. The Morgan fingerprint density at radius 3 is 2.22 bits per heavy atom. The predicted octanol–water partition coefficient (Wildman–Crippen LogP) is 6.16. The van der Waals surface area contributed by atoms with Crippen LogP contribution in [-0.2, 0) is 17.8 Å². The molecule has 0 saturated heterocycles. The molecule has 37 heavy (non-hydrogen) atoms. The van der Waals surface area contributed by atoms with Crippen LogP contribution in [0.1, 0.15) is 21.5 Å². The number of nitrogens with zero attached hydrogens (tertiary/aromatic N) is 1. The second-order valence-electron chi connectivity index (χ2n) is 8.14. The molecule has 0 aliphatic carbocycles. The van der Waals surface area contributed by atoms with E-state index in [9.17, 15) is 35.9 Å². The Bertz CT molecular complexity index is 1390. The largest absolute Gasteiger partial charge is 0.484 e. The van der Waals surface area contributed by atoms with Crippen LogP contribution in [0.25, 0.3) is 10.8 Å². The highest BCUT2D eigenvalue weighted by atomic mass is 35.5. The van der Waals surface area contributed by atoms with E-state index in [1.807, 2.05) is 0 Å². The van der Waals surface area contributed by atoms with Crippen molar-refractivity contribution in [1.29, 1.82) is 0 Å². The van der Waals surface area contributed by atoms with Crippen LogP contribution in [0.5, 0.6) is 11.5 Å². The number of amides is 1. The lowest BCUT2D eigenvalue weighted by atomic mass is 9.98. The Morgan fingerprint density at radius 1 is 0.973 bits per heavy atom. The molecule has 0 atom stereocenters. The van der Waals surface area contributed by atoms with E-state index in [2.05, 4.69) is 0 Å². The number of carbonyl (C=O) groups is 2. The van der Waals surface area contributed by atoms with Gasteiger partial charge in [-0.15, -0.1) is 0 Å². The Labute approximate surface area is 209 Å². The summed E-state index contributed by atoms with van der Waals surface area (Å²) in [7, 11) is 0. The van der Waals surface area contributed by atoms with E-state index in [-0.39, 0.29) is 57.1 Å². The van der Waals surface area contributed by atoms with Crippen LogP contribution < -0.4 is 14.4 Å². The third-order valence-corrected chi connectivity index (χ3v) is 5.71. The first-order chi connectivity index (χ1) is 17.2. The minimum absolute atomic E-state index is 0.00415. The van der Waals surface area contributed by atoms with Crippen LogP contribution in [0.4, 0.5) is 32.0 Å². The number of benzene rings is 3. The highest BCUT2D eigenvalue weighted by Crippen LogP contribution is 2.44. The van der Waals surface area contributed by atoms with Gasteiger partial charge in [0.1, 0.15) is 11.5 Å². The number of alkyl halides is 6. The molecule has 196 valence electrons. The van der Waals surface area contributed by atoms with Gasteiger partial charge in [0.05, 0.1) is 29.2 Å². The number of carbonyl (C=O) groups excluding carboxylic acids is 1. The van der Waals surface area contributed by atoms with Gasteiger partial charge in [-0.05, 0) is 35.2 Å². The monoisotopic (exact) mass is 547 g/mol. The van der Waals surface area contributed by atoms with Gasteiger partial charge in [0, 0.05) is 10.9 Å². The Balaban J connectivity index is 1.83. The summed E-state index contributed by atoms with van der Waals surface area (Å²) in [6, 6.07) is 9.29. The van der Waals surface area contributed by atoms with E-state index in [0.717, 1.165) is 4.90 Å². The molecule has 3 aromatic carbocycles. The topological polar surface area (TPSA) is 76.1 Å². The van der Waals surface area contributed by atoms with E-state index in [4.69, 9.17) is 26.2 Å². The molecule has 3 aromatic rings. The third kappa shape index (κ3) is 5.85. The van der Waals surface area contributed by atoms with Crippen LogP contribution in [0, 0.1) is 0 Å². The van der Waals surface area contributed by atoms with Gasteiger partial charge in [-0.2, -0.15) is 26.3 Å². The van der Waals surface area contributed by atoms with Crippen molar-refractivity contribution < 1.29 is 50.5 Å². The maximum absolute atomic E-state index is 13.6. The summed E-state index contributed by atoms with van der Waals surface area (Å²) in [4.78, 5) is 25.7. The molecule has 0 saturated carbocycles. The number of fused-ring (bicyclic) bond motifs is 3. The van der Waals surface area contributed by atoms with Gasteiger partial charge in [0.25, 0.3) is 5.91 Å². The van der Waals surface area contributed by atoms with Crippen LogP contribution in [0.3, 0.4) is 0 Å². The number of hydrogen-bond acceptors (Lipinski definition) is 4. The fourth-order valence-corrected chi connectivity index (χ4v) is 4.32. The first kappa shape index (κ1) is 26.4. The summed E-state index contributed by atoms with van der Waals surface area (Å²) in [5.74, 6) is -2.43. The molecule has 13 heteroatoms. The molecule has 0 radical (unpaired) electrons. The van der Waals surface area contributed by atoms with Crippen LogP contribution in [0.15, 0.2) is 42.5 Å². The number of anilines is 1. The molecule has 1 aliphatic rings. The molecule has 4 rings (SSSR count). The zero-order chi connectivity index (χ0) is 27.1. The van der Waals surface area contributed by atoms with Crippen molar-refractivity contribution in [2.24, 2.45) is 0 Å². The van der Waals surface area contributed by atoms with E-state index in [0.29, 0.717) is 5.56 Å². The van der Waals surface area contributed by atoms with Gasteiger partial charge in [0.2, 0.25) is 0 Å². The zero-order valence-corrected chi connectivity index (χ0v) is 19.3. The van der Waals surface area contributed by atoms with Gasteiger partial charge in [-0.25, -0.2) is 0 Å². The second kappa shape index (κ2) is 9.66. The van der Waals surface area contributed by atoms with E-state index < -0.39 is 37.4 Å². The molecule has 0 fully saturated rings. The lowest BCUT2D eigenvalue weighted by molar-refractivity contribution is -0.154. The molecular weight excluding hydrogens is 532 g/mol. The number of halogens is 7. The molecular formula is C24H16ClF6NO5. The Hall–Kier alpha value is -3.67. The molecule has 6 nitrogen and oxygen atoms in total. The summed E-state index contributed by atoms with van der Waals surface area (Å²) < 4.78 is 87.1. The number of carboxylic acids is 1. The van der Waals surface area contributed by atoms with Crippen molar-refractivity contribution in [1.82, 2.24) is 0 Å². The van der Waals surface area contributed by atoms with E-state index >= 15 is 0 Å². The van der Waals surface area contributed by atoms with Gasteiger partial charge in [-0.1, -0.05) is 29.8 Å². The Morgan fingerprint density at radius 2 is 1.62 bits per heavy atom. The average Bonchev–Trinajstić information content (AvgIpc) is 3.11. The minimum atomic E-state index is -4.69. The van der Waals surface area contributed by atoms with Crippen LogP contribution >= 0.6 is 11.6 Å². The molecule has 0 spiro atoms. The minimum Gasteiger partial charge on any atom is -0.484 e. The summed E-state index contributed by atoms with van der Waals surface area (Å²) in [6.45, 7) is -3.61. The average molecular weight is 548 g/mol. The molecule has 1 amide bonds. The molecule has 1 aliphatic heterocycles. The number of hydrogen-bond donors (Lipinski definition) is 1. The number of rotatable bonds is 7. The first-order valence-electron chi connectivity index (χ1n) is 10.5. The maximum Gasteiger partial charge on any atom is 0.422 e. The predicted molar refractivity (Wildman–Crippen MR) is 120 cm³/mol. The number of ether oxygens (including phenoxy) is 2. The highest BCUT2D eigenvalue weighted by molar-refractivity contribution is 6.34. The SMILES string of the molecule is O=C(O)Cc1ccc(N2Cc3c(OCC(F)(F)F)cc4cccc(OCC(F)(F)F)c4c3C2=O)c(Cl)c1. The lowest BCUT2D eigenvalue weighted by Crippen LogP contribution is -2.23. The fourth-order valence-electron chi connectivity index (χ4n) is 4.01. The maximum atomic E-state index is 13.6. The van der Waals surface area contributed by atoms with Crippen molar-refractivity contribution in [2.45, 2.75) is 25.3 Å². The van der Waals surface area contributed by atoms with Crippen LogP contribution in [-0.4, -0.2) is 42.5 Å². The van der Waals surface area contributed by atoms with Crippen molar-refractivity contribution >= 4 is 39.9 Å². The summed E-state index contributed by atoms with van der Waals surface area (Å²) >= 11 is 6.29. The first-order valence-corrected chi connectivity index (χ1v) is 10.9. The lowest BCUT2D eigenvalue weighted by Gasteiger charge is -2.18.